The maximum absolute atomic E-state index is 11.4. The molecule has 26 heavy (non-hydrogen) atoms. The number of primary amides is 1. The minimum absolute atomic E-state index is 0.444. The third kappa shape index (κ3) is 4.10. The lowest BCUT2D eigenvalue weighted by atomic mass is 10.1. The van der Waals surface area contributed by atoms with Crippen LogP contribution in [-0.4, -0.2) is 17.3 Å². The molecular weight excluding hydrogens is 328 g/mol. The van der Waals surface area contributed by atoms with E-state index in [1.807, 2.05) is 57.9 Å². The highest BCUT2D eigenvalue weighted by Gasteiger charge is 2.15. The first-order valence-electron chi connectivity index (χ1n) is 8.19. The van der Waals surface area contributed by atoms with Gasteiger partial charge < -0.3 is 10.9 Å². The Hall–Kier alpha value is -3.54. The van der Waals surface area contributed by atoms with Crippen molar-refractivity contribution >= 4 is 12.1 Å². The Bertz CT molecular complexity index is 954. The van der Waals surface area contributed by atoms with Crippen molar-refractivity contribution in [2.45, 2.75) is 13.1 Å². The third-order valence-electron chi connectivity index (χ3n) is 4.12. The van der Waals surface area contributed by atoms with Crippen LogP contribution in [0.3, 0.4) is 0 Å². The minimum Gasteiger partial charge on any atom is -0.411 e. The van der Waals surface area contributed by atoms with Crippen LogP contribution in [0.15, 0.2) is 78.3 Å². The van der Waals surface area contributed by atoms with Gasteiger partial charge in [-0.15, -0.1) is 0 Å². The summed E-state index contributed by atoms with van der Waals surface area (Å²) in [6.07, 6.45) is 7.00. The van der Waals surface area contributed by atoms with E-state index in [0.29, 0.717) is 18.7 Å². The maximum atomic E-state index is 11.4. The summed E-state index contributed by atoms with van der Waals surface area (Å²) in [6.45, 7) is 1.25. The number of hydrogen-bond donors (Lipinski definition) is 2. The third-order valence-corrected chi connectivity index (χ3v) is 4.12. The molecule has 3 rings (SSSR count). The lowest BCUT2D eigenvalue weighted by Gasteiger charge is -2.06. The number of pyridine rings is 2. The van der Waals surface area contributed by atoms with E-state index in [4.69, 9.17) is 10.9 Å². The molecule has 130 valence electrons. The summed E-state index contributed by atoms with van der Waals surface area (Å²) in [7, 11) is 0. The van der Waals surface area contributed by atoms with Crippen LogP contribution in [0.5, 0.6) is 0 Å². The molecule has 6 heteroatoms. The van der Waals surface area contributed by atoms with E-state index >= 15 is 0 Å². The highest BCUT2D eigenvalue weighted by molar-refractivity contribution is 5.92. The zero-order valence-corrected chi connectivity index (χ0v) is 14.2. The SMILES string of the molecule is NC(=O)c1ccc[n+](Cc2ccccc2C[n+]2ccccc2/C=N/O)c1. The number of amides is 1. The predicted molar refractivity (Wildman–Crippen MR) is 95.8 cm³/mol. The van der Waals surface area contributed by atoms with Crippen LogP contribution in [0, 0.1) is 0 Å². The summed E-state index contributed by atoms with van der Waals surface area (Å²) in [5.41, 5.74) is 8.90. The van der Waals surface area contributed by atoms with Gasteiger partial charge in [0.2, 0.25) is 5.69 Å². The smallest absolute Gasteiger partial charge is 0.254 e. The molecule has 0 saturated carbocycles. The van der Waals surface area contributed by atoms with Gasteiger partial charge in [-0.1, -0.05) is 29.4 Å². The number of rotatable bonds is 6. The summed E-state index contributed by atoms with van der Waals surface area (Å²) in [6, 6.07) is 17.3. The topological polar surface area (TPSA) is 83.4 Å². The molecule has 0 saturated heterocycles. The molecule has 1 aromatic carbocycles. The number of nitrogens with zero attached hydrogens (tertiary/aromatic N) is 3. The minimum atomic E-state index is -0.444. The van der Waals surface area contributed by atoms with E-state index < -0.39 is 5.91 Å². The first kappa shape index (κ1) is 17.3. The van der Waals surface area contributed by atoms with Crippen molar-refractivity contribution < 1.29 is 19.1 Å². The van der Waals surface area contributed by atoms with Crippen LogP contribution in [-0.2, 0) is 13.1 Å². The standard InChI is InChI=1S/C20H18N4O2/c21-20(25)18-8-5-10-23(14-18)13-16-6-1-2-7-17(16)15-24-11-4-3-9-19(24)12-22-26/h1-12,14H,13,15H2,(H-,21,25)/p+2. The van der Waals surface area contributed by atoms with Crippen molar-refractivity contribution in [3.63, 3.8) is 0 Å². The van der Waals surface area contributed by atoms with Crippen LogP contribution in [0.2, 0.25) is 0 Å². The van der Waals surface area contributed by atoms with Gasteiger partial charge in [0.05, 0.1) is 0 Å². The van der Waals surface area contributed by atoms with Gasteiger partial charge in [0.15, 0.2) is 31.7 Å². The van der Waals surface area contributed by atoms with Crippen LogP contribution in [0.4, 0.5) is 0 Å². The average molecular weight is 348 g/mol. The Kier molecular flexibility index (Phi) is 5.34. The fraction of sp³-hybridized carbons (Fsp3) is 0.100. The first-order valence-corrected chi connectivity index (χ1v) is 8.19. The number of hydrogen-bond acceptors (Lipinski definition) is 3. The molecule has 0 unspecified atom stereocenters. The van der Waals surface area contributed by atoms with Crippen molar-refractivity contribution in [2.24, 2.45) is 10.9 Å². The number of benzene rings is 1. The summed E-state index contributed by atoms with van der Waals surface area (Å²) < 4.78 is 3.94. The van der Waals surface area contributed by atoms with Crippen molar-refractivity contribution in [3.8, 4) is 0 Å². The molecular formula is C20H20N4O2+2. The number of carbonyl (C=O) groups excluding carboxylic acids is 1. The zero-order valence-electron chi connectivity index (χ0n) is 14.2. The Morgan fingerprint density at radius 2 is 1.73 bits per heavy atom. The molecule has 0 aliphatic rings. The Labute approximate surface area is 151 Å². The molecule has 0 spiro atoms. The molecule has 2 heterocycles. The van der Waals surface area contributed by atoms with Gasteiger partial charge in [-0.25, -0.2) is 0 Å². The lowest BCUT2D eigenvalue weighted by Crippen LogP contribution is -2.40. The number of aromatic nitrogens is 2. The van der Waals surface area contributed by atoms with E-state index in [9.17, 15) is 4.79 Å². The van der Waals surface area contributed by atoms with Crippen molar-refractivity contribution in [3.05, 3.63) is 95.6 Å². The van der Waals surface area contributed by atoms with E-state index in [2.05, 4.69) is 17.3 Å². The molecule has 0 fully saturated rings. The van der Waals surface area contributed by atoms with Crippen molar-refractivity contribution in [1.29, 1.82) is 0 Å². The molecule has 0 bridgehead atoms. The average Bonchev–Trinajstić information content (AvgIpc) is 2.65. The number of carbonyl (C=O) groups is 1. The quantitative estimate of drug-likeness (QED) is 0.304. The molecule has 6 nitrogen and oxygen atoms in total. The molecule has 0 atom stereocenters. The monoisotopic (exact) mass is 348 g/mol. The second-order valence-electron chi connectivity index (χ2n) is 5.90. The van der Waals surface area contributed by atoms with Crippen LogP contribution in [0.1, 0.15) is 27.2 Å². The van der Waals surface area contributed by atoms with E-state index in [1.54, 1.807) is 12.3 Å². The molecule has 0 aliphatic carbocycles. The maximum Gasteiger partial charge on any atom is 0.254 e. The summed E-state index contributed by atoms with van der Waals surface area (Å²) in [4.78, 5) is 11.4. The predicted octanol–water partition coefficient (Wildman–Crippen LogP) is 1.27. The zero-order chi connectivity index (χ0) is 18.4. The van der Waals surface area contributed by atoms with Crippen LogP contribution in [0.25, 0.3) is 0 Å². The lowest BCUT2D eigenvalue weighted by molar-refractivity contribution is -0.694. The summed E-state index contributed by atoms with van der Waals surface area (Å²) >= 11 is 0. The summed E-state index contributed by atoms with van der Waals surface area (Å²) in [5.74, 6) is -0.444. The Morgan fingerprint density at radius 1 is 1.00 bits per heavy atom. The van der Waals surface area contributed by atoms with Crippen LogP contribution >= 0.6 is 0 Å². The van der Waals surface area contributed by atoms with E-state index in [-0.39, 0.29) is 0 Å². The molecule has 1 amide bonds. The highest BCUT2D eigenvalue weighted by atomic mass is 16.4. The van der Waals surface area contributed by atoms with Gasteiger partial charge in [0.25, 0.3) is 5.91 Å². The fourth-order valence-electron chi connectivity index (χ4n) is 2.82. The Balaban J connectivity index is 1.90. The Morgan fingerprint density at radius 3 is 2.46 bits per heavy atom. The number of nitrogens with two attached hydrogens (primary N) is 1. The van der Waals surface area contributed by atoms with Gasteiger partial charge in [-0.3, -0.25) is 4.79 Å². The fourth-order valence-corrected chi connectivity index (χ4v) is 2.82. The van der Waals surface area contributed by atoms with Crippen LogP contribution < -0.4 is 14.9 Å². The highest BCUT2D eigenvalue weighted by Crippen LogP contribution is 2.09. The molecule has 3 N–H and O–H groups in total. The molecule has 3 aromatic rings. The normalized spacial score (nSPS) is 10.9. The van der Waals surface area contributed by atoms with Crippen molar-refractivity contribution in [2.75, 3.05) is 0 Å². The van der Waals surface area contributed by atoms with E-state index in [0.717, 1.165) is 16.8 Å². The van der Waals surface area contributed by atoms with Gasteiger partial charge in [0.1, 0.15) is 11.8 Å². The number of oxime groups is 1. The molecule has 0 aliphatic heterocycles. The summed E-state index contributed by atoms with van der Waals surface area (Å²) in [5, 5.41) is 12.0. The van der Waals surface area contributed by atoms with E-state index in [1.165, 1.54) is 6.21 Å². The largest absolute Gasteiger partial charge is 0.411 e. The molecule has 0 radical (unpaired) electrons. The van der Waals surface area contributed by atoms with Gasteiger partial charge in [0, 0.05) is 29.3 Å². The first-order chi connectivity index (χ1) is 12.7. The molecule has 2 aromatic heterocycles. The second kappa shape index (κ2) is 8.02. The van der Waals surface area contributed by atoms with Gasteiger partial charge in [-0.05, 0) is 12.1 Å². The van der Waals surface area contributed by atoms with Gasteiger partial charge >= 0.3 is 0 Å². The van der Waals surface area contributed by atoms with Gasteiger partial charge in [-0.2, -0.15) is 9.13 Å². The van der Waals surface area contributed by atoms with Crippen molar-refractivity contribution in [1.82, 2.24) is 0 Å². The second-order valence-corrected chi connectivity index (χ2v) is 5.90.